The molecule has 3 rings (SSSR count). The van der Waals surface area contributed by atoms with Gasteiger partial charge >= 0.3 is 5.97 Å². The monoisotopic (exact) mass is 501 g/mol. The molecule has 190 valence electrons. The number of nitrogens with zero attached hydrogens (tertiary/aromatic N) is 3. The number of thioether (sulfide) groups is 1. The number of carbonyl (C=O) groups excluding carboxylic acids is 3. The molecule has 1 aromatic carbocycles. The van der Waals surface area contributed by atoms with Gasteiger partial charge in [0.05, 0.1) is 32.1 Å². The number of likely N-dealkylation sites (tertiary alicyclic amines) is 1. The molecule has 0 aliphatic carbocycles. The number of rotatable bonds is 13. The number of ether oxygens (including phenoxy) is 1. The molecule has 9 nitrogen and oxygen atoms in total. The zero-order valence-electron chi connectivity index (χ0n) is 20.4. The van der Waals surface area contributed by atoms with Crippen LogP contribution < -0.4 is 5.32 Å². The third-order valence-electron chi connectivity index (χ3n) is 6.10. The summed E-state index contributed by atoms with van der Waals surface area (Å²) in [5, 5.41) is 2.85. The quantitative estimate of drug-likeness (QED) is 0.404. The number of imidazole rings is 1. The lowest BCUT2D eigenvalue weighted by molar-refractivity contribution is -0.145. The molecule has 1 aliphatic heterocycles. The molecule has 0 bridgehead atoms. The minimum atomic E-state index is -0.670. The van der Waals surface area contributed by atoms with E-state index in [0.717, 1.165) is 29.9 Å². The summed E-state index contributed by atoms with van der Waals surface area (Å²) in [6.45, 7) is 1.97. The van der Waals surface area contributed by atoms with Crippen molar-refractivity contribution in [3.05, 3.63) is 54.1 Å². The molecule has 1 fully saturated rings. The number of benzene rings is 1. The van der Waals surface area contributed by atoms with E-state index in [0.29, 0.717) is 26.1 Å². The molecule has 0 radical (unpaired) electrons. The van der Waals surface area contributed by atoms with Gasteiger partial charge in [-0.2, -0.15) is 11.8 Å². The van der Waals surface area contributed by atoms with Gasteiger partial charge < -0.3 is 19.9 Å². The molecule has 1 unspecified atom stereocenters. The lowest BCUT2D eigenvalue weighted by Crippen LogP contribution is -2.49. The molecule has 2 amide bonds. The average Bonchev–Trinajstić information content (AvgIpc) is 3.54. The van der Waals surface area contributed by atoms with E-state index >= 15 is 0 Å². The first-order valence-corrected chi connectivity index (χ1v) is 13.3. The maximum atomic E-state index is 13.0. The van der Waals surface area contributed by atoms with Gasteiger partial charge in [-0.3, -0.25) is 14.5 Å². The van der Waals surface area contributed by atoms with Crippen LogP contribution in [-0.2, 0) is 32.1 Å². The van der Waals surface area contributed by atoms with E-state index in [1.165, 1.54) is 7.11 Å². The lowest BCUT2D eigenvalue weighted by atomic mass is 10.1. The van der Waals surface area contributed by atoms with Gasteiger partial charge in [0.25, 0.3) is 0 Å². The first-order valence-electron chi connectivity index (χ1n) is 11.9. The third-order valence-corrected chi connectivity index (χ3v) is 6.75. The van der Waals surface area contributed by atoms with Crippen LogP contribution in [0.15, 0.2) is 42.9 Å². The molecular formula is C25H35N5O4S. The van der Waals surface area contributed by atoms with Crippen molar-refractivity contribution in [2.45, 2.75) is 44.3 Å². The smallest absolute Gasteiger partial charge is 0.328 e. The number of hydrogen-bond donors (Lipinski definition) is 2. The Balaban J connectivity index is 1.67. The van der Waals surface area contributed by atoms with Crippen molar-refractivity contribution in [3.63, 3.8) is 0 Å². The number of H-pyrrole nitrogens is 1. The summed E-state index contributed by atoms with van der Waals surface area (Å²) in [6.07, 6.45) is 7.86. The number of amides is 2. The van der Waals surface area contributed by atoms with Gasteiger partial charge in [-0.05, 0) is 36.8 Å². The zero-order chi connectivity index (χ0) is 25.0. The van der Waals surface area contributed by atoms with Crippen LogP contribution in [0.5, 0.6) is 0 Å². The van der Waals surface area contributed by atoms with Crippen LogP contribution in [0.2, 0.25) is 0 Å². The van der Waals surface area contributed by atoms with Crippen LogP contribution in [0.4, 0.5) is 0 Å². The van der Waals surface area contributed by atoms with Crippen molar-refractivity contribution >= 4 is 29.5 Å². The highest BCUT2D eigenvalue weighted by Crippen LogP contribution is 2.20. The van der Waals surface area contributed by atoms with Gasteiger partial charge in [-0.15, -0.1) is 0 Å². The molecule has 2 atom stereocenters. The predicted octanol–water partition coefficient (Wildman–Crippen LogP) is 1.86. The Morgan fingerprint density at radius 1 is 1.31 bits per heavy atom. The fourth-order valence-corrected chi connectivity index (χ4v) is 4.86. The van der Waals surface area contributed by atoms with Crippen molar-refractivity contribution < 1.29 is 19.1 Å². The normalized spacial score (nSPS) is 16.3. The first kappa shape index (κ1) is 26.7. The van der Waals surface area contributed by atoms with Crippen molar-refractivity contribution in [2.75, 3.05) is 38.8 Å². The Bertz CT molecular complexity index is 941. The largest absolute Gasteiger partial charge is 0.467 e. The van der Waals surface area contributed by atoms with E-state index in [2.05, 4.69) is 20.2 Å². The molecule has 2 heterocycles. The predicted molar refractivity (Wildman–Crippen MR) is 136 cm³/mol. The van der Waals surface area contributed by atoms with Crippen LogP contribution in [0, 0.1) is 0 Å². The first-order chi connectivity index (χ1) is 17.0. The number of hydrogen-bond acceptors (Lipinski definition) is 7. The number of aromatic nitrogens is 2. The second kappa shape index (κ2) is 13.9. The molecule has 1 aromatic heterocycles. The molecule has 35 heavy (non-hydrogen) atoms. The summed E-state index contributed by atoms with van der Waals surface area (Å²) < 4.78 is 4.87. The second-order valence-electron chi connectivity index (χ2n) is 8.70. The molecular weight excluding hydrogens is 466 g/mol. The lowest BCUT2D eigenvalue weighted by Gasteiger charge is -2.31. The summed E-state index contributed by atoms with van der Waals surface area (Å²) in [5.74, 6) is 0.118. The number of carbonyl (C=O) groups is 3. The van der Waals surface area contributed by atoms with Crippen molar-refractivity contribution in [3.8, 4) is 0 Å². The highest BCUT2D eigenvalue weighted by molar-refractivity contribution is 7.98. The molecule has 2 N–H and O–H groups in total. The van der Waals surface area contributed by atoms with E-state index in [4.69, 9.17) is 4.74 Å². The van der Waals surface area contributed by atoms with Gasteiger partial charge in [-0.25, -0.2) is 9.78 Å². The molecule has 0 spiro atoms. The van der Waals surface area contributed by atoms with Crippen molar-refractivity contribution in [2.24, 2.45) is 0 Å². The van der Waals surface area contributed by atoms with E-state index in [9.17, 15) is 14.4 Å². The van der Waals surface area contributed by atoms with E-state index < -0.39 is 12.0 Å². The van der Waals surface area contributed by atoms with E-state index in [-0.39, 0.29) is 30.8 Å². The molecule has 2 aromatic rings. The zero-order valence-corrected chi connectivity index (χ0v) is 21.3. The Morgan fingerprint density at radius 3 is 2.80 bits per heavy atom. The Labute approximate surface area is 211 Å². The average molecular weight is 502 g/mol. The Kier molecular flexibility index (Phi) is 10.6. The molecule has 0 saturated carbocycles. The van der Waals surface area contributed by atoms with Crippen LogP contribution in [0.25, 0.3) is 0 Å². The summed E-state index contributed by atoms with van der Waals surface area (Å²) in [5.41, 5.74) is 1.81. The standard InChI is InChI=1S/C25H35N5O4S/c1-34-25(33)22(10-12-35-2)28-23(31)17-29(15-19-7-4-3-5-8-19)16-21-9-6-11-30(21)24(32)13-20-14-26-18-27-20/h3-5,7-8,14,18,21-22H,6,9-13,15-17H2,1-2H3,(H,26,27)(H,28,31)/t21-,22?/m0/s1. The van der Waals surface area contributed by atoms with Crippen LogP contribution in [0.3, 0.4) is 0 Å². The minimum absolute atomic E-state index is 0.0193. The molecule has 1 saturated heterocycles. The molecule has 1 aliphatic rings. The molecule has 10 heteroatoms. The number of nitrogens with one attached hydrogen (secondary N) is 2. The minimum Gasteiger partial charge on any atom is -0.467 e. The van der Waals surface area contributed by atoms with Gasteiger partial charge in [0.15, 0.2) is 0 Å². The van der Waals surface area contributed by atoms with Gasteiger partial charge in [0, 0.05) is 31.9 Å². The summed E-state index contributed by atoms with van der Waals surface area (Å²) in [7, 11) is 1.33. The Morgan fingerprint density at radius 2 is 2.11 bits per heavy atom. The number of aromatic amines is 1. The maximum absolute atomic E-state index is 13.0. The fourth-order valence-electron chi connectivity index (χ4n) is 4.39. The summed E-state index contributed by atoms with van der Waals surface area (Å²) in [6, 6.07) is 9.30. The van der Waals surface area contributed by atoms with Crippen LogP contribution in [-0.4, -0.2) is 88.4 Å². The third kappa shape index (κ3) is 8.40. The van der Waals surface area contributed by atoms with E-state index in [1.54, 1.807) is 24.3 Å². The number of methoxy groups -OCH3 is 1. The van der Waals surface area contributed by atoms with Crippen LogP contribution >= 0.6 is 11.8 Å². The second-order valence-corrected chi connectivity index (χ2v) is 9.69. The highest BCUT2D eigenvalue weighted by Gasteiger charge is 2.31. The van der Waals surface area contributed by atoms with Gasteiger partial charge in [-0.1, -0.05) is 30.3 Å². The topological polar surface area (TPSA) is 108 Å². The van der Waals surface area contributed by atoms with Gasteiger partial charge in [0.1, 0.15) is 6.04 Å². The highest BCUT2D eigenvalue weighted by atomic mass is 32.2. The summed E-state index contributed by atoms with van der Waals surface area (Å²) >= 11 is 1.61. The van der Waals surface area contributed by atoms with Crippen molar-refractivity contribution in [1.82, 2.24) is 25.1 Å². The number of esters is 1. The van der Waals surface area contributed by atoms with Crippen molar-refractivity contribution in [1.29, 1.82) is 0 Å². The van der Waals surface area contributed by atoms with Gasteiger partial charge in [0.2, 0.25) is 11.8 Å². The maximum Gasteiger partial charge on any atom is 0.328 e. The summed E-state index contributed by atoms with van der Waals surface area (Å²) in [4.78, 5) is 49.1. The Hall–Kier alpha value is -2.85. The fraction of sp³-hybridized carbons (Fsp3) is 0.520. The van der Waals surface area contributed by atoms with E-state index in [1.807, 2.05) is 41.5 Å². The van der Waals surface area contributed by atoms with Crippen LogP contribution in [0.1, 0.15) is 30.5 Å². The SMILES string of the molecule is COC(=O)C(CCSC)NC(=O)CN(Cc1ccccc1)C[C@@H]1CCCN1C(=O)Cc1c[nH]cn1.